The molecule has 5 heteroatoms. The van der Waals surface area contributed by atoms with Gasteiger partial charge in [-0.2, -0.15) is 0 Å². The van der Waals surface area contributed by atoms with Gasteiger partial charge in [-0.15, -0.1) is 5.10 Å². The van der Waals surface area contributed by atoms with Gasteiger partial charge in [0.25, 0.3) is 0 Å². The standard InChI is InChI=1S/C17H25N5/c1-2-8-20-9-11-21(12-10-20)17-16(18)15-7-6-13-4-3-5-14(13)22(15)19-17/h6-7H,2-5,8-12,18H2,1H3. The van der Waals surface area contributed by atoms with Crippen molar-refractivity contribution in [1.29, 1.82) is 0 Å². The normalized spacial score (nSPS) is 19.0. The molecule has 0 radical (unpaired) electrons. The lowest BCUT2D eigenvalue weighted by atomic mass is 10.2. The van der Waals surface area contributed by atoms with Gasteiger partial charge in [0.15, 0.2) is 5.82 Å². The van der Waals surface area contributed by atoms with E-state index in [0.29, 0.717) is 0 Å². The first-order valence-corrected chi connectivity index (χ1v) is 8.54. The monoisotopic (exact) mass is 299 g/mol. The van der Waals surface area contributed by atoms with Gasteiger partial charge >= 0.3 is 0 Å². The highest BCUT2D eigenvalue weighted by atomic mass is 15.4. The van der Waals surface area contributed by atoms with E-state index in [1.807, 2.05) is 0 Å². The van der Waals surface area contributed by atoms with E-state index in [4.69, 9.17) is 10.8 Å². The summed E-state index contributed by atoms with van der Waals surface area (Å²) in [5.41, 5.74) is 11.1. The van der Waals surface area contributed by atoms with Gasteiger partial charge in [0.05, 0.1) is 5.52 Å². The van der Waals surface area contributed by atoms with E-state index in [0.717, 1.165) is 49.6 Å². The Morgan fingerprint density at radius 3 is 2.73 bits per heavy atom. The highest BCUT2D eigenvalue weighted by Gasteiger charge is 2.24. The fourth-order valence-corrected chi connectivity index (χ4v) is 3.88. The molecule has 0 saturated carbocycles. The molecule has 4 rings (SSSR count). The summed E-state index contributed by atoms with van der Waals surface area (Å²) < 4.78 is 2.10. The Kier molecular flexibility index (Phi) is 3.45. The van der Waals surface area contributed by atoms with Gasteiger partial charge in [-0.3, -0.25) is 4.90 Å². The predicted molar refractivity (Wildman–Crippen MR) is 90.6 cm³/mol. The smallest absolute Gasteiger partial charge is 0.175 e. The SMILES string of the molecule is CCCN1CCN(c2nn3c4c(ccc3c2N)CCC4)CC1. The number of anilines is 2. The number of nitrogens with zero attached hydrogens (tertiary/aromatic N) is 4. The maximum atomic E-state index is 6.42. The van der Waals surface area contributed by atoms with E-state index >= 15 is 0 Å². The summed E-state index contributed by atoms with van der Waals surface area (Å²) in [5.74, 6) is 0.983. The van der Waals surface area contributed by atoms with Crippen molar-refractivity contribution in [2.45, 2.75) is 32.6 Å². The Bertz CT molecular complexity index is 682. The number of hydrogen-bond acceptors (Lipinski definition) is 4. The number of aromatic nitrogens is 2. The first kappa shape index (κ1) is 13.9. The van der Waals surface area contributed by atoms with Crippen molar-refractivity contribution in [2.75, 3.05) is 43.4 Å². The second-order valence-corrected chi connectivity index (χ2v) is 6.52. The van der Waals surface area contributed by atoms with Gasteiger partial charge in [0, 0.05) is 31.9 Å². The molecule has 2 aromatic rings. The molecule has 2 N–H and O–H groups in total. The van der Waals surface area contributed by atoms with Crippen LogP contribution in [0.5, 0.6) is 0 Å². The zero-order valence-corrected chi connectivity index (χ0v) is 13.4. The first-order valence-electron chi connectivity index (χ1n) is 8.54. The summed E-state index contributed by atoms with van der Waals surface area (Å²) >= 11 is 0. The molecule has 0 atom stereocenters. The quantitative estimate of drug-likeness (QED) is 0.941. The molecule has 5 nitrogen and oxygen atoms in total. The Morgan fingerprint density at radius 1 is 1.14 bits per heavy atom. The second kappa shape index (κ2) is 5.47. The fourth-order valence-electron chi connectivity index (χ4n) is 3.88. The van der Waals surface area contributed by atoms with E-state index < -0.39 is 0 Å². The summed E-state index contributed by atoms with van der Waals surface area (Å²) in [5, 5.41) is 4.88. The fraction of sp³-hybridized carbons (Fsp3) is 0.588. The zero-order valence-electron chi connectivity index (χ0n) is 13.4. The molecule has 22 heavy (non-hydrogen) atoms. The van der Waals surface area contributed by atoms with Crippen LogP contribution in [-0.4, -0.2) is 47.2 Å². The molecule has 0 amide bonds. The molecule has 1 saturated heterocycles. The summed E-state index contributed by atoms with van der Waals surface area (Å²) in [4.78, 5) is 4.88. The minimum absolute atomic E-state index is 0.846. The summed E-state index contributed by atoms with van der Waals surface area (Å²) in [6, 6.07) is 4.38. The van der Waals surface area contributed by atoms with Crippen molar-refractivity contribution >= 4 is 17.0 Å². The molecule has 0 spiro atoms. The highest BCUT2D eigenvalue weighted by molar-refractivity contribution is 5.82. The van der Waals surface area contributed by atoms with Gasteiger partial charge in [-0.1, -0.05) is 13.0 Å². The molecule has 0 aromatic carbocycles. The number of aryl methyl sites for hydroxylation is 2. The van der Waals surface area contributed by atoms with Crippen LogP contribution >= 0.6 is 0 Å². The largest absolute Gasteiger partial charge is 0.394 e. The van der Waals surface area contributed by atoms with Crippen molar-refractivity contribution in [2.24, 2.45) is 0 Å². The number of nitrogens with two attached hydrogens (primary N) is 1. The third-order valence-corrected chi connectivity index (χ3v) is 5.08. The topological polar surface area (TPSA) is 49.8 Å². The van der Waals surface area contributed by atoms with Crippen molar-refractivity contribution in [3.63, 3.8) is 0 Å². The van der Waals surface area contributed by atoms with Crippen LogP contribution in [0.4, 0.5) is 11.5 Å². The third kappa shape index (κ3) is 2.15. The van der Waals surface area contributed by atoms with Crippen molar-refractivity contribution in [3.05, 3.63) is 23.4 Å². The summed E-state index contributed by atoms with van der Waals surface area (Å²) in [6.45, 7) is 7.71. The molecule has 1 aliphatic carbocycles. The number of fused-ring (bicyclic) bond motifs is 3. The molecule has 3 heterocycles. The van der Waals surface area contributed by atoms with Gasteiger partial charge in [-0.05, 0) is 43.9 Å². The van der Waals surface area contributed by atoms with Crippen LogP contribution < -0.4 is 10.6 Å². The van der Waals surface area contributed by atoms with E-state index in [2.05, 4.69) is 33.4 Å². The van der Waals surface area contributed by atoms with Gasteiger partial charge in [0.2, 0.25) is 0 Å². The summed E-state index contributed by atoms with van der Waals surface area (Å²) in [7, 11) is 0. The Morgan fingerprint density at radius 2 is 1.95 bits per heavy atom. The molecule has 2 aliphatic rings. The van der Waals surface area contributed by atoms with Crippen LogP contribution in [0.2, 0.25) is 0 Å². The van der Waals surface area contributed by atoms with Crippen molar-refractivity contribution in [1.82, 2.24) is 14.5 Å². The molecule has 1 aliphatic heterocycles. The van der Waals surface area contributed by atoms with Crippen molar-refractivity contribution < 1.29 is 0 Å². The third-order valence-electron chi connectivity index (χ3n) is 5.08. The van der Waals surface area contributed by atoms with Crippen LogP contribution in [0.1, 0.15) is 31.0 Å². The predicted octanol–water partition coefficient (Wildman–Crippen LogP) is 1.94. The lowest BCUT2D eigenvalue weighted by Crippen LogP contribution is -2.46. The zero-order chi connectivity index (χ0) is 15.1. The first-order chi connectivity index (χ1) is 10.8. The van der Waals surface area contributed by atoms with Crippen LogP contribution in [0.25, 0.3) is 5.52 Å². The van der Waals surface area contributed by atoms with E-state index in [9.17, 15) is 0 Å². The van der Waals surface area contributed by atoms with E-state index in [1.165, 1.54) is 37.1 Å². The molecule has 2 aromatic heterocycles. The molecule has 0 unspecified atom stereocenters. The second-order valence-electron chi connectivity index (χ2n) is 6.52. The van der Waals surface area contributed by atoms with E-state index in [-0.39, 0.29) is 0 Å². The summed E-state index contributed by atoms with van der Waals surface area (Å²) in [6.07, 6.45) is 4.76. The van der Waals surface area contributed by atoms with Crippen molar-refractivity contribution in [3.8, 4) is 0 Å². The van der Waals surface area contributed by atoms with Gasteiger partial charge < -0.3 is 10.6 Å². The highest BCUT2D eigenvalue weighted by Crippen LogP contribution is 2.31. The minimum Gasteiger partial charge on any atom is -0.394 e. The maximum absolute atomic E-state index is 6.42. The number of hydrogen-bond donors (Lipinski definition) is 1. The van der Waals surface area contributed by atoms with Crippen LogP contribution in [-0.2, 0) is 12.8 Å². The molecule has 1 fully saturated rings. The molecule has 0 bridgehead atoms. The molecule has 118 valence electrons. The number of pyridine rings is 1. The number of rotatable bonds is 3. The van der Waals surface area contributed by atoms with E-state index in [1.54, 1.807) is 0 Å². The Hall–Kier alpha value is -1.75. The Balaban J connectivity index is 1.64. The van der Waals surface area contributed by atoms with Crippen LogP contribution in [0.15, 0.2) is 12.1 Å². The number of nitrogen functional groups attached to an aromatic ring is 1. The average molecular weight is 299 g/mol. The number of piperazine rings is 1. The Labute approximate surface area is 131 Å². The molecular formula is C17H25N5. The molecular weight excluding hydrogens is 274 g/mol. The van der Waals surface area contributed by atoms with Crippen LogP contribution in [0, 0.1) is 0 Å². The lowest BCUT2D eigenvalue weighted by Gasteiger charge is -2.34. The average Bonchev–Trinajstić information content (AvgIpc) is 3.13. The van der Waals surface area contributed by atoms with Gasteiger partial charge in [-0.25, -0.2) is 4.52 Å². The van der Waals surface area contributed by atoms with Gasteiger partial charge in [0.1, 0.15) is 5.69 Å². The minimum atomic E-state index is 0.846. The van der Waals surface area contributed by atoms with Crippen LogP contribution in [0.3, 0.4) is 0 Å². The maximum Gasteiger partial charge on any atom is 0.175 e. The lowest BCUT2D eigenvalue weighted by molar-refractivity contribution is 0.258.